The lowest BCUT2D eigenvalue weighted by Gasteiger charge is -2.27. The van der Waals surface area contributed by atoms with E-state index < -0.39 is 0 Å². The lowest BCUT2D eigenvalue weighted by molar-refractivity contribution is 0.240. The van der Waals surface area contributed by atoms with Gasteiger partial charge in [-0.05, 0) is 41.1 Å². The van der Waals surface area contributed by atoms with Gasteiger partial charge in [0.25, 0.3) is 0 Å². The Kier molecular flexibility index (Phi) is 4.83. The number of benzene rings is 1. The van der Waals surface area contributed by atoms with Gasteiger partial charge in [-0.15, -0.1) is 22.7 Å². The molecule has 27 heavy (non-hydrogen) atoms. The van der Waals surface area contributed by atoms with Crippen LogP contribution in [0.5, 0.6) is 0 Å². The topological polar surface area (TPSA) is 77.8 Å². The van der Waals surface area contributed by atoms with Gasteiger partial charge in [0.05, 0.1) is 23.4 Å². The SMILES string of the molecule is CC1=C(c2nc(-c3ccc(C#N)cc3)cs2)C(c2cc(Br)cs2)NC(=O)N1. The number of nitrogens with zero attached hydrogens (tertiary/aromatic N) is 2. The largest absolute Gasteiger partial charge is 0.326 e. The quantitative estimate of drug-likeness (QED) is 0.561. The van der Waals surface area contributed by atoms with Crippen molar-refractivity contribution in [2.45, 2.75) is 13.0 Å². The van der Waals surface area contributed by atoms with Crippen molar-refractivity contribution in [3.05, 3.63) is 66.7 Å². The van der Waals surface area contributed by atoms with Crippen LogP contribution >= 0.6 is 38.6 Å². The molecule has 2 N–H and O–H groups in total. The Morgan fingerprint density at radius 3 is 2.67 bits per heavy atom. The molecule has 0 radical (unpaired) electrons. The summed E-state index contributed by atoms with van der Waals surface area (Å²) < 4.78 is 0.990. The third-order valence-corrected chi connectivity index (χ3v) is 6.82. The first-order chi connectivity index (χ1) is 13.0. The van der Waals surface area contributed by atoms with Gasteiger partial charge in [-0.3, -0.25) is 0 Å². The number of nitrogens with one attached hydrogen (secondary N) is 2. The molecule has 0 aliphatic carbocycles. The smallest absolute Gasteiger partial charge is 0.319 e. The standard InChI is InChI=1S/C19H13BrN4OS2/c1-10-16(17(24-19(25)22-10)15-6-13(20)8-26-15)18-23-14(9-27-18)12-4-2-11(7-21)3-5-12/h2-6,8-9,17H,1H3,(H2,22,24,25). The fraction of sp³-hybridized carbons (Fsp3) is 0.105. The number of carbonyl (C=O) groups is 1. The summed E-state index contributed by atoms with van der Waals surface area (Å²) in [6.07, 6.45) is 0. The zero-order valence-corrected chi connectivity index (χ0v) is 17.3. The summed E-state index contributed by atoms with van der Waals surface area (Å²) >= 11 is 6.61. The molecule has 1 unspecified atom stereocenters. The van der Waals surface area contributed by atoms with Crippen LogP contribution in [-0.2, 0) is 0 Å². The number of hydrogen-bond acceptors (Lipinski definition) is 5. The first-order valence-electron chi connectivity index (χ1n) is 8.04. The third-order valence-electron chi connectivity index (χ3n) is 4.19. The Morgan fingerprint density at radius 1 is 1.22 bits per heavy atom. The van der Waals surface area contributed by atoms with Crippen molar-refractivity contribution < 1.29 is 4.79 Å². The van der Waals surface area contributed by atoms with E-state index >= 15 is 0 Å². The van der Waals surface area contributed by atoms with Gasteiger partial charge < -0.3 is 10.6 Å². The van der Waals surface area contributed by atoms with Crippen LogP contribution in [0.1, 0.15) is 28.4 Å². The maximum atomic E-state index is 12.0. The predicted octanol–water partition coefficient (Wildman–Crippen LogP) is 5.29. The zero-order chi connectivity index (χ0) is 19.0. The van der Waals surface area contributed by atoms with E-state index in [-0.39, 0.29) is 12.1 Å². The molecule has 3 aromatic rings. The van der Waals surface area contributed by atoms with E-state index in [1.54, 1.807) is 23.5 Å². The lowest BCUT2D eigenvalue weighted by atomic mass is 10.0. The van der Waals surface area contributed by atoms with Gasteiger partial charge in [-0.1, -0.05) is 12.1 Å². The molecule has 8 heteroatoms. The average Bonchev–Trinajstić information content (AvgIpc) is 3.30. The number of urea groups is 1. The molecule has 3 heterocycles. The van der Waals surface area contributed by atoms with E-state index in [0.717, 1.165) is 36.9 Å². The number of aromatic nitrogens is 1. The summed E-state index contributed by atoms with van der Waals surface area (Å²) in [5.74, 6) is 0. The van der Waals surface area contributed by atoms with Crippen LogP contribution in [0.4, 0.5) is 4.79 Å². The van der Waals surface area contributed by atoms with Gasteiger partial charge in [0.2, 0.25) is 0 Å². The summed E-state index contributed by atoms with van der Waals surface area (Å²) in [5.41, 5.74) is 4.19. The van der Waals surface area contributed by atoms with E-state index in [1.807, 2.05) is 35.9 Å². The van der Waals surface area contributed by atoms with Crippen LogP contribution in [0, 0.1) is 11.3 Å². The number of allylic oxidation sites excluding steroid dienone is 1. The minimum atomic E-state index is -0.241. The van der Waals surface area contributed by atoms with E-state index in [1.165, 1.54) is 11.3 Å². The van der Waals surface area contributed by atoms with E-state index in [9.17, 15) is 4.79 Å². The number of hydrogen-bond donors (Lipinski definition) is 2. The molecular weight excluding hydrogens is 444 g/mol. The molecule has 2 aromatic heterocycles. The highest BCUT2D eigenvalue weighted by Crippen LogP contribution is 2.39. The second kappa shape index (κ2) is 7.27. The maximum Gasteiger partial charge on any atom is 0.319 e. The first kappa shape index (κ1) is 17.9. The number of nitriles is 1. The van der Waals surface area contributed by atoms with Gasteiger partial charge in [0.15, 0.2) is 0 Å². The molecule has 2 amide bonds. The second-order valence-corrected chi connectivity index (χ2v) is 8.68. The Balaban J connectivity index is 1.74. The van der Waals surface area contributed by atoms with Crippen molar-refractivity contribution in [2.75, 3.05) is 0 Å². The van der Waals surface area contributed by atoms with Gasteiger partial charge in [0.1, 0.15) is 5.01 Å². The van der Waals surface area contributed by atoms with Crippen LogP contribution in [0.15, 0.2) is 51.3 Å². The molecular formula is C19H13BrN4OS2. The minimum absolute atomic E-state index is 0.213. The van der Waals surface area contributed by atoms with Crippen molar-refractivity contribution in [1.82, 2.24) is 15.6 Å². The first-order valence-corrected chi connectivity index (χ1v) is 10.6. The van der Waals surface area contributed by atoms with E-state index in [0.29, 0.717) is 5.56 Å². The molecule has 0 fully saturated rings. The Labute approximate surface area is 172 Å². The van der Waals surface area contributed by atoms with Crippen molar-refractivity contribution in [2.24, 2.45) is 0 Å². The number of carbonyl (C=O) groups excluding carboxylic acids is 1. The fourth-order valence-electron chi connectivity index (χ4n) is 2.92. The molecule has 1 aliphatic heterocycles. The van der Waals surface area contributed by atoms with Gasteiger partial charge in [-0.25, -0.2) is 9.78 Å². The molecule has 4 rings (SSSR count). The van der Waals surface area contributed by atoms with Crippen molar-refractivity contribution in [3.8, 4) is 17.3 Å². The van der Waals surface area contributed by atoms with Crippen LogP contribution in [0.3, 0.4) is 0 Å². The number of halogens is 1. The highest BCUT2D eigenvalue weighted by molar-refractivity contribution is 9.10. The fourth-order valence-corrected chi connectivity index (χ4v) is 5.38. The molecule has 5 nitrogen and oxygen atoms in total. The highest BCUT2D eigenvalue weighted by Gasteiger charge is 2.30. The van der Waals surface area contributed by atoms with Crippen molar-refractivity contribution in [1.29, 1.82) is 5.26 Å². The maximum absolute atomic E-state index is 12.0. The van der Waals surface area contributed by atoms with Gasteiger partial charge >= 0.3 is 6.03 Å². The average molecular weight is 457 g/mol. The van der Waals surface area contributed by atoms with E-state index in [2.05, 4.69) is 32.6 Å². The van der Waals surface area contributed by atoms with Crippen LogP contribution in [-0.4, -0.2) is 11.0 Å². The van der Waals surface area contributed by atoms with Crippen LogP contribution in [0.25, 0.3) is 16.8 Å². The highest BCUT2D eigenvalue weighted by atomic mass is 79.9. The molecule has 134 valence electrons. The summed E-state index contributed by atoms with van der Waals surface area (Å²) in [7, 11) is 0. The molecule has 0 bridgehead atoms. The second-order valence-electron chi connectivity index (χ2n) is 5.96. The molecule has 1 aliphatic rings. The number of rotatable bonds is 3. The Bertz CT molecular complexity index is 1090. The lowest BCUT2D eigenvalue weighted by Crippen LogP contribution is -2.42. The molecule has 1 aromatic carbocycles. The minimum Gasteiger partial charge on any atom is -0.326 e. The summed E-state index contributed by atoms with van der Waals surface area (Å²) in [5, 5.41) is 19.7. The summed E-state index contributed by atoms with van der Waals surface area (Å²) in [6.45, 7) is 1.90. The van der Waals surface area contributed by atoms with Gasteiger partial charge in [-0.2, -0.15) is 5.26 Å². The third kappa shape index (κ3) is 3.54. The summed E-state index contributed by atoms with van der Waals surface area (Å²) in [6, 6.07) is 11.0. The number of amides is 2. The van der Waals surface area contributed by atoms with Crippen LogP contribution < -0.4 is 10.6 Å². The predicted molar refractivity (Wildman–Crippen MR) is 111 cm³/mol. The number of thiazole rings is 1. The molecule has 0 spiro atoms. The molecule has 0 saturated carbocycles. The molecule has 0 saturated heterocycles. The normalized spacial score (nSPS) is 16.6. The van der Waals surface area contributed by atoms with Gasteiger partial charge in [0, 0.05) is 36.9 Å². The Morgan fingerprint density at radius 2 is 2.00 bits per heavy atom. The Hall–Kier alpha value is -2.47. The van der Waals surface area contributed by atoms with Crippen LogP contribution in [0.2, 0.25) is 0 Å². The zero-order valence-electron chi connectivity index (χ0n) is 14.1. The monoisotopic (exact) mass is 456 g/mol. The summed E-state index contributed by atoms with van der Waals surface area (Å²) in [4.78, 5) is 17.9. The molecule has 1 atom stereocenters. The van der Waals surface area contributed by atoms with Crippen molar-refractivity contribution in [3.63, 3.8) is 0 Å². The van der Waals surface area contributed by atoms with Crippen molar-refractivity contribution >= 4 is 50.2 Å². The number of thiophene rings is 1. The van der Waals surface area contributed by atoms with E-state index in [4.69, 9.17) is 10.2 Å².